The molecule has 4 aromatic rings. The fourth-order valence-corrected chi connectivity index (χ4v) is 4.62. The predicted molar refractivity (Wildman–Crippen MR) is 135 cm³/mol. The lowest BCUT2D eigenvalue weighted by atomic mass is 10.0. The summed E-state index contributed by atoms with van der Waals surface area (Å²) in [5.41, 5.74) is 1.86. The number of rotatable bonds is 12. The number of ether oxygens (including phenoxy) is 3. The van der Waals surface area contributed by atoms with Gasteiger partial charge in [0.2, 0.25) is 0 Å². The quantitative estimate of drug-likeness (QED) is 0.214. The van der Waals surface area contributed by atoms with Gasteiger partial charge in [-0.15, -0.1) is 11.3 Å². The van der Waals surface area contributed by atoms with Crippen molar-refractivity contribution in [1.29, 1.82) is 0 Å². The Hall–Kier alpha value is -3.12. The van der Waals surface area contributed by atoms with E-state index in [1.54, 1.807) is 37.4 Å². The lowest BCUT2D eigenvalue weighted by molar-refractivity contribution is -0.00827. The molecule has 0 unspecified atom stereocenters. The first-order valence-corrected chi connectivity index (χ1v) is 12.5. The number of alkyl halides is 2. The normalized spacial score (nSPS) is 11.7. The Morgan fingerprint density at radius 1 is 1.14 bits per heavy atom. The Morgan fingerprint density at radius 3 is 2.57 bits per heavy atom. The average Bonchev–Trinajstić information content (AvgIpc) is 3.51. The lowest BCUT2D eigenvalue weighted by Crippen LogP contribution is -2.10. The Bertz CT molecular complexity index is 1390. The molecular formula is C25H24ClF2N3O5S. The molecule has 0 fully saturated rings. The number of benzene rings is 2. The Kier molecular flexibility index (Phi) is 8.70. The molecule has 196 valence electrons. The molecule has 1 N–H and O–H groups in total. The summed E-state index contributed by atoms with van der Waals surface area (Å²) in [7, 11) is 1.59. The molecule has 0 atom stereocenters. The van der Waals surface area contributed by atoms with Crippen LogP contribution in [0.1, 0.15) is 29.5 Å². The molecule has 12 heteroatoms. The van der Waals surface area contributed by atoms with Crippen LogP contribution < -0.4 is 10.5 Å². The molecule has 37 heavy (non-hydrogen) atoms. The van der Waals surface area contributed by atoms with Crippen LogP contribution >= 0.6 is 22.9 Å². The van der Waals surface area contributed by atoms with Crippen LogP contribution in [0.4, 0.5) is 8.78 Å². The minimum atomic E-state index is -2.87. The summed E-state index contributed by atoms with van der Waals surface area (Å²) in [5.74, 6) is -2.85. The zero-order valence-electron chi connectivity index (χ0n) is 20.1. The molecule has 2 aromatic carbocycles. The molecule has 0 bridgehead atoms. The van der Waals surface area contributed by atoms with Gasteiger partial charge >= 0.3 is 5.76 Å². The summed E-state index contributed by atoms with van der Waals surface area (Å²) in [4.78, 5) is 19.2. The van der Waals surface area contributed by atoms with Gasteiger partial charge in [-0.3, -0.25) is 9.51 Å². The fraction of sp³-hybridized carbons (Fsp3) is 0.320. The highest BCUT2D eigenvalue weighted by molar-refractivity contribution is 7.15. The standard InChI is InChI=1S/C25H24ClF2N3O5S/c1-3-25(27,28)16-6-4-15(5-7-16)23-29-20(13-34-11-10-33-2)21(37-23)14-35-17-8-9-18(19(26)12-17)22-30-24(32)36-31-22/h4-9,12H,3,10-11,13-14H2,1-2H3,(H,30,31,32). The van der Waals surface area contributed by atoms with E-state index in [9.17, 15) is 13.6 Å². The maximum absolute atomic E-state index is 14.0. The summed E-state index contributed by atoms with van der Waals surface area (Å²) >= 11 is 7.74. The number of nitrogens with one attached hydrogen (secondary N) is 1. The molecule has 2 aromatic heterocycles. The van der Waals surface area contributed by atoms with Crippen LogP contribution in [0.5, 0.6) is 5.75 Å². The van der Waals surface area contributed by atoms with Gasteiger partial charge in [0.15, 0.2) is 5.82 Å². The molecule has 2 heterocycles. The number of hydrogen-bond donors (Lipinski definition) is 1. The number of aromatic amines is 1. The molecule has 0 radical (unpaired) electrons. The third-order valence-electron chi connectivity index (χ3n) is 5.45. The van der Waals surface area contributed by atoms with Gasteiger partial charge < -0.3 is 14.2 Å². The highest BCUT2D eigenvalue weighted by Crippen LogP contribution is 2.35. The summed E-state index contributed by atoms with van der Waals surface area (Å²) in [6.45, 7) is 2.71. The van der Waals surface area contributed by atoms with Crippen molar-refractivity contribution in [2.75, 3.05) is 20.3 Å². The van der Waals surface area contributed by atoms with E-state index in [2.05, 4.69) is 19.6 Å². The van der Waals surface area contributed by atoms with Gasteiger partial charge in [0, 0.05) is 30.2 Å². The highest BCUT2D eigenvalue weighted by atomic mass is 35.5. The summed E-state index contributed by atoms with van der Waals surface area (Å²) < 4.78 is 49.2. The SMILES string of the molecule is CCC(F)(F)c1ccc(-c2nc(COCCOC)c(COc3ccc(-c4noc(=O)[nH]4)c(Cl)c3)s2)cc1. The van der Waals surface area contributed by atoms with Crippen molar-refractivity contribution in [1.82, 2.24) is 15.1 Å². The zero-order valence-corrected chi connectivity index (χ0v) is 21.6. The molecule has 8 nitrogen and oxygen atoms in total. The van der Waals surface area contributed by atoms with Crippen molar-refractivity contribution >= 4 is 22.9 Å². The first-order valence-electron chi connectivity index (χ1n) is 11.3. The van der Waals surface area contributed by atoms with Crippen LogP contribution in [0, 0.1) is 0 Å². The van der Waals surface area contributed by atoms with Gasteiger partial charge in [0.25, 0.3) is 5.92 Å². The van der Waals surface area contributed by atoms with Gasteiger partial charge in [0.1, 0.15) is 17.4 Å². The van der Waals surface area contributed by atoms with E-state index >= 15 is 0 Å². The monoisotopic (exact) mass is 551 g/mol. The second-order valence-corrected chi connectivity index (χ2v) is 9.43. The van der Waals surface area contributed by atoms with Gasteiger partial charge in [0.05, 0.1) is 35.4 Å². The van der Waals surface area contributed by atoms with E-state index in [-0.39, 0.29) is 31.0 Å². The van der Waals surface area contributed by atoms with Crippen LogP contribution in [0.25, 0.3) is 22.0 Å². The minimum absolute atomic E-state index is 0.0305. The van der Waals surface area contributed by atoms with Gasteiger partial charge in [-0.1, -0.05) is 47.9 Å². The lowest BCUT2D eigenvalue weighted by Gasteiger charge is -2.14. The zero-order chi connectivity index (χ0) is 26.4. The number of halogens is 3. The molecule has 0 saturated heterocycles. The van der Waals surface area contributed by atoms with E-state index in [0.717, 1.165) is 10.4 Å². The summed E-state index contributed by atoms with van der Waals surface area (Å²) in [5, 5.41) is 4.62. The molecule has 0 aliphatic heterocycles. The molecule has 0 aliphatic rings. The van der Waals surface area contributed by atoms with Gasteiger partial charge in [-0.05, 0) is 18.2 Å². The summed E-state index contributed by atoms with van der Waals surface area (Å²) in [6, 6.07) is 11.1. The van der Waals surface area contributed by atoms with Crippen LogP contribution in [0.3, 0.4) is 0 Å². The average molecular weight is 552 g/mol. The number of aromatic nitrogens is 3. The van der Waals surface area contributed by atoms with Crippen LogP contribution in [-0.2, 0) is 28.6 Å². The molecule has 4 rings (SSSR count). The Labute approximate surface area is 220 Å². The molecular weight excluding hydrogens is 528 g/mol. The van der Waals surface area contributed by atoms with Crippen molar-refractivity contribution in [2.24, 2.45) is 0 Å². The molecule has 0 aliphatic carbocycles. The van der Waals surface area contributed by atoms with Crippen molar-refractivity contribution < 1.29 is 27.5 Å². The largest absolute Gasteiger partial charge is 0.488 e. The van der Waals surface area contributed by atoms with Crippen molar-refractivity contribution in [3.05, 3.63) is 74.2 Å². The topological polar surface area (TPSA) is 99.5 Å². The Morgan fingerprint density at radius 2 is 1.92 bits per heavy atom. The number of methoxy groups -OCH3 is 1. The fourth-order valence-electron chi connectivity index (χ4n) is 3.38. The highest BCUT2D eigenvalue weighted by Gasteiger charge is 2.28. The van der Waals surface area contributed by atoms with Crippen LogP contribution in [-0.4, -0.2) is 35.4 Å². The maximum Gasteiger partial charge on any atom is 0.439 e. The summed E-state index contributed by atoms with van der Waals surface area (Å²) in [6.07, 6.45) is -0.268. The van der Waals surface area contributed by atoms with E-state index < -0.39 is 11.7 Å². The number of hydrogen-bond acceptors (Lipinski definition) is 8. The maximum atomic E-state index is 14.0. The van der Waals surface area contributed by atoms with E-state index in [4.69, 9.17) is 25.8 Å². The first-order chi connectivity index (χ1) is 17.8. The third kappa shape index (κ3) is 6.61. The third-order valence-corrected chi connectivity index (χ3v) is 6.89. The van der Waals surface area contributed by atoms with E-state index in [1.165, 1.54) is 30.4 Å². The van der Waals surface area contributed by atoms with Gasteiger partial charge in [-0.25, -0.2) is 18.6 Å². The number of thiazole rings is 1. The number of nitrogens with zero attached hydrogens (tertiary/aromatic N) is 2. The Balaban J connectivity index is 1.53. The predicted octanol–water partition coefficient (Wildman–Crippen LogP) is 6.05. The molecule has 0 saturated carbocycles. The van der Waals surface area contributed by atoms with E-state index in [1.807, 2.05) is 0 Å². The van der Waals surface area contributed by atoms with Gasteiger partial charge in [-0.2, -0.15) is 0 Å². The second-order valence-electron chi connectivity index (χ2n) is 7.94. The second kappa shape index (κ2) is 12.0. The molecule has 0 amide bonds. The van der Waals surface area contributed by atoms with Crippen LogP contribution in [0.2, 0.25) is 5.02 Å². The van der Waals surface area contributed by atoms with Crippen molar-refractivity contribution in [3.63, 3.8) is 0 Å². The molecule has 0 spiro atoms. The van der Waals surface area contributed by atoms with Crippen molar-refractivity contribution in [2.45, 2.75) is 32.5 Å². The number of H-pyrrole nitrogens is 1. The van der Waals surface area contributed by atoms with Crippen LogP contribution in [0.15, 0.2) is 51.8 Å². The smallest absolute Gasteiger partial charge is 0.439 e. The first kappa shape index (κ1) is 26.9. The van der Waals surface area contributed by atoms with Crippen molar-refractivity contribution in [3.8, 4) is 27.7 Å². The van der Waals surface area contributed by atoms with E-state index in [0.29, 0.717) is 40.3 Å². The minimum Gasteiger partial charge on any atom is -0.488 e.